The molecule has 0 aliphatic heterocycles. The Kier molecular flexibility index (Phi) is 5.87. The van der Waals surface area contributed by atoms with Crippen molar-refractivity contribution in [2.45, 2.75) is 0 Å². The van der Waals surface area contributed by atoms with Crippen molar-refractivity contribution in [2.24, 2.45) is 0 Å². The molecule has 3 rings (SSSR count). The van der Waals surface area contributed by atoms with Crippen LogP contribution in [0, 0.1) is 0 Å². The molecule has 0 unspecified atom stereocenters. The molecule has 0 N–H and O–H groups in total. The van der Waals surface area contributed by atoms with Crippen LogP contribution in [0.2, 0.25) is 0 Å². The number of carbonyl (C=O) groups excluding carboxylic acids is 2. The number of hydrogen-bond donors (Lipinski definition) is 0. The van der Waals surface area contributed by atoms with E-state index in [4.69, 9.17) is 23.4 Å². The fourth-order valence-electron chi connectivity index (χ4n) is 3.00. The summed E-state index contributed by atoms with van der Waals surface area (Å²) < 4.78 is 26.5. The normalized spacial score (nSPS) is 10.3. The molecule has 29 heavy (non-hydrogen) atoms. The minimum Gasteiger partial charge on any atom is -0.496 e. The summed E-state index contributed by atoms with van der Waals surface area (Å²) in [6.07, 6.45) is 1.24. The average molecular weight is 396 g/mol. The first-order valence-corrected chi connectivity index (χ1v) is 8.65. The van der Waals surface area contributed by atoms with E-state index in [2.05, 4.69) is 0 Å². The van der Waals surface area contributed by atoms with Crippen molar-refractivity contribution in [1.29, 1.82) is 0 Å². The van der Waals surface area contributed by atoms with Crippen molar-refractivity contribution < 1.29 is 33.0 Å². The SMILES string of the molecule is COC(=O)c1c(C(=O)c2c(OC)cc(OC)cc2OC)coc1-c1ccccc1. The Balaban J connectivity index is 2.21. The van der Waals surface area contributed by atoms with Crippen LogP contribution in [-0.2, 0) is 4.74 Å². The molecule has 0 saturated heterocycles. The fourth-order valence-corrected chi connectivity index (χ4v) is 3.00. The highest BCUT2D eigenvalue weighted by atomic mass is 16.5. The zero-order valence-electron chi connectivity index (χ0n) is 16.5. The van der Waals surface area contributed by atoms with Gasteiger partial charge < -0.3 is 23.4 Å². The maximum atomic E-state index is 13.4. The van der Waals surface area contributed by atoms with Gasteiger partial charge >= 0.3 is 5.97 Å². The molecule has 0 saturated carbocycles. The van der Waals surface area contributed by atoms with E-state index in [0.29, 0.717) is 11.3 Å². The summed E-state index contributed by atoms with van der Waals surface area (Å²) in [6.45, 7) is 0. The van der Waals surface area contributed by atoms with Crippen LogP contribution in [0.15, 0.2) is 53.1 Å². The summed E-state index contributed by atoms with van der Waals surface area (Å²) in [5.41, 5.74) is 0.850. The van der Waals surface area contributed by atoms with Gasteiger partial charge in [-0.15, -0.1) is 0 Å². The lowest BCUT2D eigenvalue weighted by Crippen LogP contribution is -2.12. The molecule has 1 heterocycles. The lowest BCUT2D eigenvalue weighted by molar-refractivity contribution is 0.0598. The van der Waals surface area contributed by atoms with Crippen molar-refractivity contribution in [2.75, 3.05) is 28.4 Å². The van der Waals surface area contributed by atoms with E-state index in [9.17, 15) is 9.59 Å². The summed E-state index contributed by atoms with van der Waals surface area (Å²) in [6, 6.07) is 12.1. The highest BCUT2D eigenvalue weighted by Gasteiger charge is 2.31. The maximum absolute atomic E-state index is 13.4. The van der Waals surface area contributed by atoms with Crippen molar-refractivity contribution in [1.82, 2.24) is 0 Å². The van der Waals surface area contributed by atoms with Gasteiger partial charge in [-0.25, -0.2) is 4.79 Å². The van der Waals surface area contributed by atoms with E-state index in [1.165, 1.54) is 34.7 Å². The molecule has 0 fully saturated rings. The third kappa shape index (κ3) is 3.67. The molecular weight excluding hydrogens is 376 g/mol. The highest BCUT2D eigenvalue weighted by Crippen LogP contribution is 2.38. The Hall–Kier alpha value is -3.74. The molecule has 0 radical (unpaired) electrons. The molecule has 0 atom stereocenters. The third-order valence-electron chi connectivity index (χ3n) is 4.40. The number of rotatable bonds is 7. The van der Waals surface area contributed by atoms with E-state index in [1.807, 2.05) is 6.07 Å². The molecule has 3 aromatic rings. The first-order chi connectivity index (χ1) is 14.0. The molecule has 2 aromatic carbocycles. The molecule has 1 aromatic heterocycles. The van der Waals surface area contributed by atoms with Crippen LogP contribution in [-0.4, -0.2) is 40.2 Å². The van der Waals surface area contributed by atoms with Crippen molar-refractivity contribution in [3.63, 3.8) is 0 Å². The number of esters is 1. The number of methoxy groups -OCH3 is 4. The average Bonchev–Trinajstić information content (AvgIpc) is 3.22. The van der Waals surface area contributed by atoms with Crippen LogP contribution >= 0.6 is 0 Å². The van der Waals surface area contributed by atoms with E-state index >= 15 is 0 Å². The van der Waals surface area contributed by atoms with Crippen LogP contribution in [0.25, 0.3) is 11.3 Å². The van der Waals surface area contributed by atoms with Gasteiger partial charge in [0.1, 0.15) is 40.4 Å². The van der Waals surface area contributed by atoms with Crippen LogP contribution < -0.4 is 14.2 Å². The summed E-state index contributed by atoms with van der Waals surface area (Å²) in [5.74, 6) is -0.0121. The summed E-state index contributed by atoms with van der Waals surface area (Å²) in [5, 5.41) is 0. The van der Waals surface area contributed by atoms with E-state index in [-0.39, 0.29) is 33.9 Å². The quantitative estimate of drug-likeness (QED) is 0.441. The van der Waals surface area contributed by atoms with Crippen molar-refractivity contribution in [3.05, 3.63) is 65.4 Å². The van der Waals surface area contributed by atoms with Crippen molar-refractivity contribution >= 4 is 11.8 Å². The van der Waals surface area contributed by atoms with Gasteiger partial charge in [0.2, 0.25) is 5.78 Å². The Morgan fingerprint density at radius 3 is 1.97 bits per heavy atom. The predicted octanol–water partition coefficient (Wildman–Crippen LogP) is 3.99. The molecule has 0 aliphatic rings. The third-order valence-corrected chi connectivity index (χ3v) is 4.40. The van der Waals surface area contributed by atoms with E-state index in [1.54, 1.807) is 36.4 Å². The number of furan rings is 1. The zero-order chi connectivity index (χ0) is 21.0. The van der Waals surface area contributed by atoms with Gasteiger partial charge in [-0.3, -0.25) is 4.79 Å². The molecule has 0 amide bonds. The second-order valence-electron chi connectivity index (χ2n) is 5.95. The Labute approximate surface area is 167 Å². The van der Waals surface area contributed by atoms with Gasteiger partial charge in [0.15, 0.2) is 0 Å². The Morgan fingerprint density at radius 2 is 1.45 bits per heavy atom. The summed E-state index contributed by atoms with van der Waals surface area (Å²) in [7, 11) is 5.59. The Bertz CT molecular complexity index is 1010. The second kappa shape index (κ2) is 8.52. The molecule has 0 spiro atoms. The topological polar surface area (TPSA) is 84.2 Å². The fraction of sp³-hybridized carbons (Fsp3) is 0.182. The first kappa shape index (κ1) is 20.0. The maximum Gasteiger partial charge on any atom is 0.342 e. The Morgan fingerprint density at radius 1 is 0.828 bits per heavy atom. The van der Waals surface area contributed by atoms with Gasteiger partial charge in [0.25, 0.3) is 0 Å². The minimum atomic E-state index is -0.688. The van der Waals surface area contributed by atoms with Crippen LogP contribution in [0.5, 0.6) is 17.2 Å². The largest absolute Gasteiger partial charge is 0.496 e. The van der Waals surface area contributed by atoms with Gasteiger partial charge in [-0.1, -0.05) is 30.3 Å². The van der Waals surface area contributed by atoms with Gasteiger partial charge in [0, 0.05) is 17.7 Å². The van der Waals surface area contributed by atoms with Gasteiger partial charge in [-0.2, -0.15) is 0 Å². The van der Waals surface area contributed by atoms with Crippen LogP contribution in [0.3, 0.4) is 0 Å². The van der Waals surface area contributed by atoms with Crippen LogP contribution in [0.4, 0.5) is 0 Å². The van der Waals surface area contributed by atoms with E-state index < -0.39 is 11.8 Å². The summed E-state index contributed by atoms with van der Waals surface area (Å²) in [4.78, 5) is 25.9. The molecule has 0 aliphatic carbocycles. The van der Waals surface area contributed by atoms with Crippen molar-refractivity contribution in [3.8, 4) is 28.6 Å². The molecule has 7 heteroatoms. The number of carbonyl (C=O) groups is 2. The first-order valence-electron chi connectivity index (χ1n) is 8.65. The lowest BCUT2D eigenvalue weighted by atomic mass is 9.97. The van der Waals surface area contributed by atoms with E-state index in [0.717, 1.165) is 0 Å². The lowest BCUT2D eigenvalue weighted by Gasteiger charge is -2.14. The summed E-state index contributed by atoms with van der Waals surface area (Å²) >= 11 is 0. The van der Waals surface area contributed by atoms with Gasteiger partial charge in [0.05, 0.1) is 34.0 Å². The molecule has 150 valence electrons. The zero-order valence-corrected chi connectivity index (χ0v) is 16.5. The monoisotopic (exact) mass is 396 g/mol. The molecule has 0 bridgehead atoms. The smallest absolute Gasteiger partial charge is 0.342 e. The minimum absolute atomic E-state index is 0.0311. The predicted molar refractivity (Wildman–Crippen MR) is 105 cm³/mol. The van der Waals surface area contributed by atoms with Crippen LogP contribution in [0.1, 0.15) is 26.3 Å². The number of ketones is 1. The van der Waals surface area contributed by atoms with Gasteiger partial charge in [-0.05, 0) is 0 Å². The number of ether oxygens (including phenoxy) is 4. The molecule has 7 nitrogen and oxygen atoms in total. The second-order valence-corrected chi connectivity index (χ2v) is 5.95. The number of hydrogen-bond acceptors (Lipinski definition) is 7. The standard InChI is InChI=1S/C22H20O7/c1-25-14-10-16(26-2)19(17(11-14)27-3)20(23)15-12-29-21(18(15)22(24)28-4)13-8-6-5-7-9-13/h5-12H,1-4H3. The highest BCUT2D eigenvalue weighted by molar-refractivity contribution is 6.18. The number of benzene rings is 2. The molecular formula is C22H20O7.